The molecule has 5 nitrogen and oxygen atoms in total. The highest BCUT2D eigenvalue weighted by atomic mass is 16.1. The number of nitrogens with two attached hydrogens (primary N) is 1. The van der Waals surface area contributed by atoms with Crippen LogP contribution < -0.4 is 16.4 Å². The van der Waals surface area contributed by atoms with Gasteiger partial charge in [0.05, 0.1) is 5.56 Å². The number of nitrogens with one attached hydrogen (secondary N) is 2. The topological polar surface area (TPSA) is 80.0 Å². The second-order valence-electron chi connectivity index (χ2n) is 6.50. The molecule has 0 atom stereocenters. The van der Waals surface area contributed by atoms with E-state index in [1.165, 1.54) is 18.4 Å². The van der Waals surface area contributed by atoms with Crippen molar-refractivity contribution in [3.05, 3.63) is 22.9 Å². The number of amides is 1. The molecule has 4 N–H and O–H groups in total. The molecule has 2 aliphatic rings. The van der Waals surface area contributed by atoms with Crippen molar-refractivity contribution in [2.24, 2.45) is 5.73 Å². The lowest BCUT2D eigenvalue weighted by Gasteiger charge is -2.36. The third-order valence-corrected chi connectivity index (χ3v) is 4.69. The number of aryl methyl sites for hydroxylation is 2. The Morgan fingerprint density at radius 1 is 1.33 bits per heavy atom. The van der Waals surface area contributed by atoms with Gasteiger partial charge in [-0.2, -0.15) is 0 Å². The van der Waals surface area contributed by atoms with Gasteiger partial charge >= 0.3 is 0 Å². The fourth-order valence-electron chi connectivity index (χ4n) is 3.31. The van der Waals surface area contributed by atoms with Gasteiger partial charge in [-0.3, -0.25) is 4.79 Å². The molecular formula is C16H24N4O. The molecule has 114 valence electrons. The van der Waals surface area contributed by atoms with Crippen molar-refractivity contribution >= 4 is 11.7 Å². The number of hydrogen-bond acceptors (Lipinski definition) is 4. The molecule has 1 fully saturated rings. The Hall–Kier alpha value is -1.62. The van der Waals surface area contributed by atoms with Gasteiger partial charge in [0.25, 0.3) is 5.91 Å². The normalized spacial score (nSPS) is 20.6. The van der Waals surface area contributed by atoms with Crippen molar-refractivity contribution in [3.63, 3.8) is 0 Å². The van der Waals surface area contributed by atoms with Gasteiger partial charge < -0.3 is 16.4 Å². The van der Waals surface area contributed by atoms with E-state index in [9.17, 15) is 4.79 Å². The first kappa shape index (κ1) is 14.3. The third-order valence-electron chi connectivity index (χ3n) is 4.69. The summed E-state index contributed by atoms with van der Waals surface area (Å²) in [7, 11) is 0. The van der Waals surface area contributed by atoms with E-state index in [-0.39, 0.29) is 5.54 Å². The van der Waals surface area contributed by atoms with E-state index in [0.29, 0.717) is 11.4 Å². The minimum absolute atomic E-state index is 0.0225. The Morgan fingerprint density at radius 3 is 2.76 bits per heavy atom. The van der Waals surface area contributed by atoms with Crippen LogP contribution in [0.15, 0.2) is 6.07 Å². The highest BCUT2D eigenvalue weighted by molar-refractivity contribution is 5.98. The van der Waals surface area contributed by atoms with Crippen LogP contribution in [0.1, 0.15) is 54.2 Å². The Balaban J connectivity index is 1.94. The Labute approximate surface area is 125 Å². The lowest BCUT2D eigenvalue weighted by atomic mass is 9.90. The number of anilines is 1. The van der Waals surface area contributed by atoms with E-state index in [2.05, 4.69) is 17.6 Å². The van der Waals surface area contributed by atoms with Gasteiger partial charge in [-0.1, -0.05) is 0 Å². The van der Waals surface area contributed by atoms with Crippen molar-refractivity contribution in [3.8, 4) is 0 Å². The Bertz CT molecular complexity index is 549. The van der Waals surface area contributed by atoms with Crippen molar-refractivity contribution < 1.29 is 4.79 Å². The quantitative estimate of drug-likeness (QED) is 0.789. The Kier molecular flexibility index (Phi) is 3.85. The molecule has 0 aromatic carbocycles. The molecule has 2 heterocycles. The van der Waals surface area contributed by atoms with Crippen molar-refractivity contribution in [1.82, 2.24) is 10.3 Å². The summed E-state index contributed by atoms with van der Waals surface area (Å²) in [5.74, 6) is 0.281. The van der Waals surface area contributed by atoms with Gasteiger partial charge in [0.15, 0.2) is 0 Å². The van der Waals surface area contributed by atoms with Crippen LogP contribution in [0.25, 0.3) is 0 Å². The second-order valence-corrected chi connectivity index (χ2v) is 6.50. The van der Waals surface area contributed by atoms with Crippen LogP contribution in [0, 0.1) is 0 Å². The van der Waals surface area contributed by atoms with Gasteiger partial charge in [-0.05, 0) is 70.2 Å². The molecule has 5 heteroatoms. The number of hydrogen-bond donors (Lipinski definition) is 3. The summed E-state index contributed by atoms with van der Waals surface area (Å²) in [5.41, 5.74) is 8.40. The molecule has 1 aliphatic carbocycles. The monoisotopic (exact) mass is 288 g/mol. The number of rotatable bonds is 3. The van der Waals surface area contributed by atoms with Crippen LogP contribution >= 0.6 is 0 Å². The third kappa shape index (κ3) is 3.02. The van der Waals surface area contributed by atoms with Crippen molar-refractivity contribution in [1.29, 1.82) is 0 Å². The molecule has 1 aromatic heterocycles. The maximum atomic E-state index is 11.8. The number of carbonyl (C=O) groups excluding carboxylic acids is 1. The van der Waals surface area contributed by atoms with Crippen LogP contribution in [-0.2, 0) is 12.8 Å². The summed E-state index contributed by atoms with van der Waals surface area (Å²) in [6, 6.07) is 1.95. The minimum Gasteiger partial charge on any atom is -0.365 e. The van der Waals surface area contributed by atoms with Crippen LogP contribution in [0.3, 0.4) is 0 Å². The first-order chi connectivity index (χ1) is 10.1. The van der Waals surface area contributed by atoms with E-state index in [4.69, 9.17) is 10.7 Å². The first-order valence-electron chi connectivity index (χ1n) is 7.89. The molecule has 3 rings (SSSR count). The summed E-state index contributed by atoms with van der Waals surface area (Å²) in [4.78, 5) is 16.5. The van der Waals surface area contributed by atoms with Gasteiger partial charge in [0, 0.05) is 11.2 Å². The zero-order valence-corrected chi connectivity index (χ0v) is 12.7. The number of fused-ring (bicyclic) bond motifs is 1. The maximum Gasteiger partial charge on any atom is 0.252 e. The first-order valence-corrected chi connectivity index (χ1v) is 7.89. The molecule has 1 amide bonds. The standard InChI is InChI=1S/C16H24N4O/c1-16(6-8-18-9-7-16)20-15-12(14(17)21)10-11-4-2-3-5-13(11)19-15/h10,18H,2-9H2,1H3,(H2,17,21)(H,19,20). The molecular weight excluding hydrogens is 264 g/mol. The zero-order chi connectivity index (χ0) is 14.9. The summed E-state index contributed by atoms with van der Waals surface area (Å²) in [6.07, 6.45) is 6.39. The number of piperidine rings is 1. The van der Waals surface area contributed by atoms with Gasteiger partial charge in [0.1, 0.15) is 5.82 Å². The number of pyridine rings is 1. The van der Waals surface area contributed by atoms with Gasteiger partial charge in [0.2, 0.25) is 0 Å². The van der Waals surface area contributed by atoms with Crippen molar-refractivity contribution in [2.75, 3.05) is 18.4 Å². The van der Waals surface area contributed by atoms with E-state index < -0.39 is 5.91 Å². The van der Waals surface area contributed by atoms with E-state index in [1.54, 1.807) is 0 Å². The predicted molar refractivity (Wildman–Crippen MR) is 83.5 cm³/mol. The lowest BCUT2D eigenvalue weighted by Crippen LogP contribution is -2.45. The molecule has 0 spiro atoms. The summed E-state index contributed by atoms with van der Waals surface area (Å²) in [6.45, 7) is 4.17. The van der Waals surface area contributed by atoms with Crippen LogP contribution in [0.2, 0.25) is 0 Å². The second kappa shape index (κ2) is 5.64. The summed E-state index contributed by atoms with van der Waals surface area (Å²) >= 11 is 0. The molecule has 0 bridgehead atoms. The molecule has 21 heavy (non-hydrogen) atoms. The number of carbonyl (C=O) groups is 1. The molecule has 1 aliphatic heterocycles. The smallest absolute Gasteiger partial charge is 0.252 e. The zero-order valence-electron chi connectivity index (χ0n) is 12.7. The molecule has 0 radical (unpaired) electrons. The lowest BCUT2D eigenvalue weighted by molar-refractivity contribution is 0.100. The van der Waals surface area contributed by atoms with Gasteiger partial charge in [-0.15, -0.1) is 0 Å². The molecule has 0 saturated carbocycles. The van der Waals surface area contributed by atoms with Crippen LogP contribution in [0.5, 0.6) is 0 Å². The fraction of sp³-hybridized carbons (Fsp3) is 0.625. The van der Waals surface area contributed by atoms with E-state index in [1.807, 2.05) is 6.07 Å². The van der Waals surface area contributed by atoms with Crippen LogP contribution in [-0.4, -0.2) is 29.5 Å². The number of aromatic nitrogens is 1. The number of primary amides is 1. The van der Waals surface area contributed by atoms with E-state index in [0.717, 1.165) is 44.5 Å². The fourth-order valence-corrected chi connectivity index (χ4v) is 3.31. The summed E-state index contributed by atoms with van der Waals surface area (Å²) < 4.78 is 0. The molecule has 0 unspecified atom stereocenters. The van der Waals surface area contributed by atoms with Crippen LogP contribution in [0.4, 0.5) is 5.82 Å². The SMILES string of the molecule is CC1(Nc2nc3c(cc2C(N)=O)CCCC3)CCNCC1. The highest BCUT2D eigenvalue weighted by Gasteiger charge is 2.29. The summed E-state index contributed by atoms with van der Waals surface area (Å²) in [5, 5.41) is 6.87. The van der Waals surface area contributed by atoms with E-state index >= 15 is 0 Å². The highest BCUT2D eigenvalue weighted by Crippen LogP contribution is 2.28. The Morgan fingerprint density at radius 2 is 2.05 bits per heavy atom. The average molecular weight is 288 g/mol. The minimum atomic E-state index is -0.393. The average Bonchev–Trinajstić information content (AvgIpc) is 2.46. The molecule has 1 saturated heterocycles. The van der Waals surface area contributed by atoms with Crippen molar-refractivity contribution in [2.45, 2.75) is 51.0 Å². The van der Waals surface area contributed by atoms with Gasteiger partial charge in [-0.25, -0.2) is 4.98 Å². The largest absolute Gasteiger partial charge is 0.365 e. The molecule has 1 aromatic rings. The number of nitrogens with zero attached hydrogens (tertiary/aromatic N) is 1. The predicted octanol–water partition coefficient (Wildman–Crippen LogP) is 1.61. The maximum absolute atomic E-state index is 11.8.